The molecule has 1 heterocycles. The fourth-order valence-electron chi connectivity index (χ4n) is 1.01. The van der Waals surface area contributed by atoms with Gasteiger partial charge in [0.1, 0.15) is 0 Å². The van der Waals surface area contributed by atoms with Crippen LogP contribution in [0.1, 0.15) is 20.8 Å². The maximum absolute atomic E-state index is 10.0. The fourth-order valence-corrected chi connectivity index (χ4v) is 1.01. The van der Waals surface area contributed by atoms with Gasteiger partial charge in [0.2, 0.25) is 0 Å². The van der Waals surface area contributed by atoms with E-state index in [0.717, 1.165) is 6.54 Å². The van der Waals surface area contributed by atoms with E-state index in [-0.39, 0.29) is 17.9 Å². The molecule has 0 aromatic rings. The van der Waals surface area contributed by atoms with Crippen LogP contribution in [0.2, 0.25) is 0 Å². The van der Waals surface area contributed by atoms with Crippen LogP contribution in [0.4, 0.5) is 0 Å². The van der Waals surface area contributed by atoms with Gasteiger partial charge in [0.05, 0.1) is 12.5 Å². The first-order valence-corrected chi connectivity index (χ1v) is 5.58. The highest BCUT2D eigenvalue weighted by Gasteiger charge is 2.23. The molecule has 1 aliphatic rings. The highest BCUT2D eigenvalue weighted by molar-refractivity contribution is 5.71. The maximum Gasteiger partial charge on any atom is 0.317 e. The number of aliphatic carboxylic acids is 2. The summed E-state index contributed by atoms with van der Waals surface area (Å²) < 4.78 is 0. The van der Waals surface area contributed by atoms with Crippen molar-refractivity contribution in [1.29, 1.82) is 0 Å². The molecule has 0 unspecified atom stereocenters. The minimum Gasteiger partial charge on any atom is -0.481 e. The fraction of sp³-hybridized carbons (Fsp3) is 0.818. The van der Waals surface area contributed by atoms with E-state index in [4.69, 9.17) is 10.2 Å². The summed E-state index contributed by atoms with van der Waals surface area (Å²) >= 11 is 0. The number of carboxylic acids is 2. The molecule has 17 heavy (non-hydrogen) atoms. The van der Waals surface area contributed by atoms with Gasteiger partial charge in [0.15, 0.2) is 0 Å². The van der Waals surface area contributed by atoms with E-state index >= 15 is 0 Å². The van der Waals surface area contributed by atoms with Gasteiger partial charge in [-0.05, 0) is 5.41 Å². The summed E-state index contributed by atoms with van der Waals surface area (Å²) in [7, 11) is 0. The second-order valence-electron chi connectivity index (χ2n) is 5.25. The third kappa shape index (κ3) is 9.77. The Bertz CT molecular complexity index is 257. The lowest BCUT2D eigenvalue weighted by Gasteiger charge is -2.21. The average Bonchev–Trinajstić information content (AvgIpc) is 1.96. The number of hydrogen-bond donors (Lipinski definition) is 4. The Kier molecular flexibility index (Phi) is 6.75. The third-order valence-electron chi connectivity index (χ3n) is 2.06. The number of carbonyl (C=O) groups is 2. The molecule has 1 rings (SSSR count). The molecule has 0 aliphatic carbocycles. The zero-order valence-electron chi connectivity index (χ0n) is 10.6. The molecule has 0 amide bonds. The van der Waals surface area contributed by atoms with E-state index in [1.807, 2.05) is 0 Å². The molecule has 6 nitrogen and oxygen atoms in total. The Morgan fingerprint density at radius 2 is 1.82 bits per heavy atom. The van der Waals surface area contributed by atoms with Crippen molar-refractivity contribution in [2.24, 2.45) is 11.3 Å². The molecule has 0 bridgehead atoms. The zero-order valence-corrected chi connectivity index (χ0v) is 10.6. The monoisotopic (exact) mass is 246 g/mol. The van der Waals surface area contributed by atoms with E-state index < -0.39 is 11.9 Å². The second-order valence-corrected chi connectivity index (χ2v) is 5.25. The van der Waals surface area contributed by atoms with Crippen molar-refractivity contribution in [3.8, 4) is 0 Å². The second kappa shape index (κ2) is 7.24. The molecule has 0 aromatic carbocycles. The highest BCUT2D eigenvalue weighted by atomic mass is 16.4. The predicted octanol–water partition coefficient (Wildman–Crippen LogP) is -0.00290. The van der Waals surface area contributed by atoms with Gasteiger partial charge >= 0.3 is 11.9 Å². The summed E-state index contributed by atoms with van der Waals surface area (Å²) in [6.45, 7) is 8.26. The summed E-state index contributed by atoms with van der Waals surface area (Å²) in [5.41, 5.74) is 0.162. The Labute approximate surface area is 101 Å². The van der Waals surface area contributed by atoms with Gasteiger partial charge in [0.25, 0.3) is 0 Å². The van der Waals surface area contributed by atoms with Gasteiger partial charge < -0.3 is 20.8 Å². The molecule has 1 aliphatic heterocycles. The smallest absolute Gasteiger partial charge is 0.317 e. The maximum atomic E-state index is 10.0. The van der Waals surface area contributed by atoms with Crippen molar-refractivity contribution in [3.63, 3.8) is 0 Å². The molecule has 0 radical (unpaired) electrons. The minimum atomic E-state index is -0.802. The number of rotatable bonds is 4. The van der Waals surface area contributed by atoms with E-state index in [1.165, 1.54) is 0 Å². The lowest BCUT2D eigenvalue weighted by Crippen LogP contribution is -2.46. The summed E-state index contributed by atoms with van der Waals surface area (Å²) in [5.74, 6) is -1.59. The molecule has 4 N–H and O–H groups in total. The summed E-state index contributed by atoms with van der Waals surface area (Å²) in [6.07, 6.45) is 0. The van der Waals surface area contributed by atoms with Crippen LogP contribution in [0.15, 0.2) is 0 Å². The van der Waals surface area contributed by atoms with Gasteiger partial charge in [-0.15, -0.1) is 0 Å². The lowest BCUT2D eigenvalue weighted by atomic mass is 9.97. The molecule has 0 atom stereocenters. The van der Waals surface area contributed by atoms with Gasteiger partial charge in [-0.25, -0.2) is 0 Å². The molecule has 1 saturated heterocycles. The van der Waals surface area contributed by atoms with Gasteiger partial charge in [-0.1, -0.05) is 20.8 Å². The molecular weight excluding hydrogens is 224 g/mol. The van der Waals surface area contributed by atoms with Gasteiger partial charge in [0, 0.05) is 19.6 Å². The van der Waals surface area contributed by atoms with Crippen LogP contribution in [-0.4, -0.2) is 48.3 Å². The molecule has 0 aromatic heterocycles. The third-order valence-corrected chi connectivity index (χ3v) is 2.06. The summed E-state index contributed by atoms with van der Waals surface area (Å²) in [6, 6.07) is 0. The average molecular weight is 246 g/mol. The minimum absolute atomic E-state index is 0.0528. The standard InChI is InChI=1S/C7H15NO2.C4H7NO2/c1-7(2,3)5-8-4-6(9)10;6-4(7)3-1-5-2-3/h8H,4-5H2,1-3H3,(H,9,10);3,5H,1-2H2,(H,6,7). The summed E-state index contributed by atoms with van der Waals surface area (Å²) in [5, 5.41) is 22.1. The number of carboxylic acid groups (broad SMARTS) is 2. The van der Waals surface area contributed by atoms with E-state index in [0.29, 0.717) is 13.1 Å². The van der Waals surface area contributed by atoms with Crippen molar-refractivity contribution < 1.29 is 19.8 Å². The van der Waals surface area contributed by atoms with Crippen LogP contribution in [0, 0.1) is 11.3 Å². The molecule has 1 fully saturated rings. The number of nitrogens with one attached hydrogen (secondary N) is 2. The number of hydrogen-bond acceptors (Lipinski definition) is 4. The molecule has 6 heteroatoms. The van der Waals surface area contributed by atoms with Crippen molar-refractivity contribution in [2.75, 3.05) is 26.2 Å². The van der Waals surface area contributed by atoms with Crippen LogP contribution in [-0.2, 0) is 9.59 Å². The van der Waals surface area contributed by atoms with Gasteiger partial charge in [-0.3, -0.25) is 9.59 Å². The largest absolute Gasteiger partial charge is 0.481 e. The molecule has 100 valence electrons. The first kappa shape index (κ1) is 15.9. The molecule has 0 saturated carbocycles. The van der Waals surface area contributed by atoms with Crippen molar-refractivity contribution in [2.45, 2.75) is 20.8 Å². The Morgan fingerprint density at radius 3 is 2.00 bits per heavy atom. The normalized spacial score (nSPS) is 15.5. The topological polar surface area (TPSA) is 98.7 Å². The van der Waals surface area contributed by atoms with Crippen molar-refractivity contribution in [3.05, 3.63) is 0 Å². The summed E-state index contributed by atoms with van der Waals surface area (Å²) in [4.78, 5) is 20.0. The van der Waals surface area contributed by atoms with E-state index in [9.17, 15) is 9.59 Å². The highest BCUT2D eigenvalue weighted by Crippen LogP contribution is 2.09. The van der Waals surface area contributed by atoms with Crippen LogP contribution < -0.4 is 10.6 Å². The SMILES string of the molecule is CC(C)(C)CNCC(=O)O.O=C(O)C1CNC1. The zero-order chi connectivity index (χ0) is 13.5. The Hall–Kier alpha value is -1.14. The Balaban J connectivity index is 0.000000318. The Morgan fingerprint density at radius 1 is 1.29 bits per heavy atom. The first-order valence-electron chi connectivity index (χ1n) is 5.58. The van der Waals surface area contributed by atoms with Gasteiger partial charge in [-0.2, -0.15) is 0 Å². The van der Waals surface area contributed by atoms with Crippen LogP contribution >= 0.6 is 0 Å². The van der Waals surface area contributed by atoms with Crippen LogP contribution in [0.3, 0.4) is 0 Å². The first-order chi connectivity index (χ1) is 7.72. The quantitative estimate of drug-likeness (QED) is 0.557. The lowest BCUT2D eigenvalue weighted by molar-refractivity contribution is -0.143. The molecular formula is C11H22N2O4. The van der Waals surface area contributed by atoms with E-state index in [1.54, 1.807) is 0 Å². The molecule has 0 spiro atoms. The van der Waals surface area contributed by atoms with Crippen molar-refractivity contribution in [1.82, 2.24) is 10.6 Å². The van der Waals surface area contributed by atoms with E-state index in [2.05, 4.69) is 31.4 Å². The van der Waals surface area contributed by atoms with Crippen molar-refractivity contribution >= 4 is 11.9 Å². The predicted molar refractivity (Wildman–Crippen MR) is 64.0 cm³/mol. The van der Waals surface area contributed by atoms with Crippen LogP contribution in [0.5, 0.6) is 0 Å². The van der Waals surface area contributed by atoms with Crippen LogP contribution in [0.25, 0.3) is 0 Å².